The van der Waals surface area contributed by atoms with Gasteiger partial charge < -0.3 is 20.1 Å². The monoisotopic (exact) mass is 403 g/mol. The van der Waals surface area contributed by atoms with Gasteiger partial charge >= 0.3 is 6.18 Å². The Morgan fingerprint density at radius 3 is 2.57 bits per heavy atom. The van der Waals surface area contributed by atoms with Gasteiger partial charge in [-0.3, -0.25) is 14.5 Å². The van der Waals surface area contributed by atoms with E-state index in [2.05, 4.69) is 15.5 Å². The van der Waals surface area contributed by atoms with Crippen molar-refractivity contribution in [2.24, 2.45) is 0 Å². The van der Waals surface area contributed by atoms with E-state index in [0.29, 0.717) is 6.54 Å². The standard InChI is InChI=1S/C18H24F3N3O4/c19-18(20,21)14-3-1-4-15(11-14)23-17(26)13-28-12-16(25)22-5-2-6-24-7-9-27-10-8-24/h1,3-4,11H,2,5-10,12-13H2,(H,22,25)(H,23,26). The maximum absolute atomic E-state index is 12.6. The molecule has 1 aromatic carbocycles. The smallest absolute Gasteiger partial charge is 0.379 e. The van der Waals surface area contributed by atoms with Gasteiger partial charge in [-0.25, -0.2) is 0 Å². The van der Waals surface area contributed by atoms with E-state index in [-0.39, 0.29) is 18.2 Å². The highest BCUT2D eigenvalue weighted by atomic mass is 19.4. The predicted molar refractivity (Wildman–Crippen MR) is 95.8 cm³/mol. The first-order chi connectivity index (χ1) is 13.3. The molecule has 1 aliphatic rings. The second kappa shape index (κ2) is 11.0. The SMILES string of the molecule is O=C(COCC(=O)Nc1cccc(C(F)(F)F)c1)NCCCN1CCOCC1. The first kappa shape index (κ1) is 22.1. The van der Waals surface area contributed by atoms with Crippen molar-refractivity contribution in [2.45, 2.75) is 12.6 Å². The summed E-state index contributed by atoms with van der Waals surface area (Å²) in [7, 11) is 0. The second-order valence-electron chi connectivity index (χ2n) is 6.28. The third-order valence-electron chi connectivity index (χ3n) is 4.02. The summed E-state index contributed by atoms with van der Waals surface area (Å²) in [6.07, 6.45) is -3.70. The molecule has 0 spiro atoms. The van der Waals surface area contributed by atoms with Gasteiger partial charge in [0.2, 0.25) is 11.8 Å². The highest BCUT2D eigenvalue weighted by Gasteiger charge is 2.30. The molecule has 2 N–H and O–H groups in total. The molecule has 1 heterocycles. The molecule has 1 saturated heterocycles. The van der Waals surface area contributed by atoms with Crippen LogP contribution in [0.5, 0.6) is 0 Å². The Bertz CT molecular complexity index is 649. The van der Waals surface area contributed by atoms with Gasteiger partial charge in [-0.1, -0.05) is 6.07 Å². The van der Waals surface area contributed by atoms with E-state index in [1.807, 2.05) is 0 Å². The van der Waals surface area contributed by atoms with Crippen molar-refractivity contribution in [1.29, 1.82) is 0 Å². The third-order valence-corrected chi connectivity index (χ3v) is 4.02. The van der Waals surface area contributed by atoms with E-state index in [0.717, 1.165) is 51.4 Å². The Morgan fingerprint density at radius 2 is 1.86 bits per heavy atom. The second-order valence-corrected chi connectivity index (χ2v) is 6.28. The van der Waals surface area contributed by atoms with E-state index in [9.17, 15) is 22.8 Å². The summed E-state index contributed by atoms with van der Waals surface area (Å²) >= 11 is 0. The van der Waals surface area contributed by atoms with E-state index >= 15 is 0 Å². The zero-order valence-corrected chi connectivity index (χ0v) is 15.4. The lowest BCUT2D eigenvalue weighted by atomic mass is 10.2. The van der Waals surface area contributed by atoms with Crippen LogP contribution in [-0.2, 0) is 25.2 Å². The number of hydrogen-bond acceptors (Lipinski definition) is 5. The summed E-state index contributed by atoms with van der Waals surface area (Å²) in [5.74, 6) is -0.992. The average Bonchev–Trinajstić information content (AvgIpc) is 2.65. The number of alkyl halides is 3. The van der Waals surface area contributed by atoms with E-state index < -0.39 is 24.3 Å². The fraction of sp³-hybridized carbons (Fsp3) is 0.556. The zero-order valence-electron chi connectivity index (χ0n) is 15.4. The number of hydrogen-bond donors (Lipinski definition) is 2. The Kier molecular flexibility index (Phi) is 8.68. The third kappa shape index (κ3) is 8.24. The highest BCUT2D eigenvalue weighted by Crippen LogP contribution is 2.30. The summed E-state index contributed by atoms with van der Waals surface area (Å²) in [4.78, 5) is 25.6. The van der Waals surface area contributed by atoms with Crippen molar-refractivity contribution in [3.05, 3.63) is 29.8 Å². The number of halogens is 3. The van der Waals surface area contributed by atoms with Crippen molar-refractivity contribution in [1.82, 2.24) is 10.2 Å². The average molecular weight is 403 g/mol. The quantitative estimate of drug-likeness (QED) is 0.611. The predicted octanol–water partition coefficient (Wildman–Crippen LogP) is 1.50. The van der Waals surface area contributed by atoms with Crippen molar-refractivity contribution < 1.29 is 32.2 Å². The molecule has 1 aliphatic heterocycles. The molecule has 0 unspecified atom stereocenters. The van der Waals surface area contributed by atoms with Crippen LogP contribution in [-0.4, -0.2) is 69.3 Å². The molecule has 1 fully saturated rings. The van der Waals surface area contributed by atoms with Gasteiger partial charge in [-0.05, 0) is 31.2 Å². The summed E-state index contributed by atoms with van der Waals surface area (Å²) in [5, 5.41) is 5.00. The van der Waals surface area contributed by atoms with Crippen LogP contribution in [0.1, 0.15) is 12.0 Å². The van der Waals surface area contributed by atoms with Crippen LogP contribution in [0.3, 0.4) is 0 Å². The Labute approximate surface area is 161 Å². The molecule has 0 aliphatic carbocycles. The van der Waals surface area contributed by atoms with Gasteiger partial charge in [0.15, 0.2) is 0 Å². The minimum absolute atomic E-state index is 0.0102. The fourth-order valence-electron chi connectivity index (χ4n) is 2.61. The number of benzene rings is 1. The first-order valence-electron chi connectivity index (χ1n) is 8.96. The van der Waals surface area contributed by atoms with Crippen LogP contribution in [0, 0.1) is 0 Å². The lowest BCUT2D eigenvalue weighted by Gasteiger charge is -2.26. The molecule has 0 bridgehead atoms. The maximum Gasteiger partial charge on any atom is 0.416 e. The highest BCUT2D eigenvalue weighted by molar-refractivity contribution is 5.92. The van der Waals surface area contributed by atoms with Gasteiger partial charge in [0, 0.05) is 25.3 Å². The summed E-state index contributed by atoms with van der Waals surface area (Å²) in [6, 6.07) is 4.28. The Balaban J connectivity index is 1.58. The van der Waals surface area contributed by atoms with E-state index in [1.54, 1.807) is 0 Å². The van der Waals surface area contributed by atoms with Crippen molar-refractivity contribution in [3.8, 4) is 0 Å². The fourth-order valence-corrected chi connectivity index (χ4v) is 2.61. The molecule has 156 valence electrons. The molecule has 0 radical (unpaired) electrons. The number of ether oxygens (including phenoxy) is 2. The summed E-state index contributed by atoms with van der Waals surface area (Å²) in [6.45, 7) is 3.85. The Hall–Kier alpha value is -2.17. The molecular formula is C18H24F3N3O4. The molecule has 7 nitrogen and oxygen atoms in total. The minimum Gasteiger partial charge on any atom is -0.379 e. The molecular weight excluding hydrogens is 379 g/mol. The number of anilines is 1. The number of amides is 2. The molecule has 10 heteroatoms. The van der Waals surface area contributed by atoms with E-state index in [1.165, 1.54) is 12.1 Å². The lowest BCUT2D eigenvalue weighted by Crippen LogP contribution is -2.38. The molecule has 2 amide bonds. The van der Waals surface area contributed by atoms with Gasteiger partial charge in [0.1, 0.15) is 13.2 Å². The summed E-state index contributed by atoms with van der Waals surface area (Å²) in [5.41, 5.74) is -0.848. The van der Waals surface area contributed by atoms with Gasteiger partial charge in [-0.15, -0.1) is 0 Å². The van der Waals surface area contributed by atoms with Gasteiger partial charge in [0.05, 0.1) is 18.8 Å². The van der Waals surface area contributed by atoms with Crippen LogP contribution < -0.4 is 10.6 Å². The molecule has 0 saturated carbocycles. The van der Waals surface area contributed by atoms with Crippen LogP contribution >= 0.6 is 0 Å². The minimum atomic E-state index is -4.49. The molecule has 0 atom stereocenters. The number of nitrogens with one attached hydrogen (secondary N) is 2. The number of carbonyl (C=O) groups is 2. The number of morpholine rings is 1. The number of carbonyl (C=O) groups excluding carboxylic acids is 2. The van der Waals surface area contributed by atoms with Crippen molar-refractivity contribution >= 4 is 17.5 Å². The number of nitrogens with zero attached hydrogens (tertiary/aromatic N) is 1. The van der Waals surface area contributed by atoms with Crippen LogP contribution in [0.4, 0.5) is 18.9 Å². The number of rotatable bonds is 9. The van der Waals surface area contributed by atoms with Crippen LogP contribution in [0.2, 0.25) is 0 Å². The lowest BCUT2D eigenvalue weighted by molar-refractivity contribution is -0.137. The van der Waals surface area contributed by atoms with E-state index in [4.69, 9.17) is 9.47 Å². The normalized spacial score (nSPS) is 15.2. The molecule has 2 rings (SSSR count). The largest absolute Gasteiger partial charge is 0.416 e. The molecule has 1 aromatic rings. The molecule has 0 aromatic heterocycles. The van der Waals surface area contributed by atoms with Gasteiger partial charge in [0.25, 0.3) is 0 Å². The Morgan fingerprint density at radius 1 is 1.14 bits per heavy atom. The topological polar surface area (TPSA) is 79.9 Å². The first-order valence-corrected chi connectivity index (χ1v) is 8.96. The van der Waals surface area contributed by atoms with Crippen LogP contribution in [0.25, 0.3) is 0 Å². The molecule has 28 heavy (non-hydrogen) atoms. The van der Waals surface area contributed by atoms with Gasteiger partial charge in [-0.2, -0.15) is 13.2 Å². The van der Waals surface area contributed by atoms with Crippen molar-refractivity contribution in [3.63, 3.8) is 0 Å². The van der Waals surface area contributed by atoms with Crippen LogP contribution in [0.15, 0.2) is 24.3 Å². The summed E-state index contributed by atoms with van der Waals surface area (Å²) < 4.78 is 48.2. The zero-order chi connectivity index (χ0) is 20.4. The maximum atomic E-state index is 12.6. The van der Waals surface area contributed by atoms with Crippen molar-refractivity contribution in [2.75, 3.05) is 57.9 Å².